The number of hydrogen-bond donors (Lipinski definition) is 2. The summed E-state index contributed by atoms with van der Waals surface area (Å²) in [7, 11) is -1.75. The van der Waals surface area contributed by atoms with Crippen molar-refractivity contribution >= 4 is 10.0 Å². The quantitative estimate of drug-likeness (QED) is 0.837. The second-order valence-electron chi connectivity index (χ2n) is 5.21. The van der Waals surface area contributed by atoms with Crippen molar-refractivity contribution in [3.63, 3.8) is 0 Å². The van der Waals surface area contributed by atoms with Crippen LogP contribution in [0, 0.1) is 5.92 Å². The molecule has 1 heterocycles. The Hall–Kier alpha value is -0.850. The van der Waals surface area contributed by atoms with Gasteiger partial charge in [0.15, 0.2) is 0 Å². The lowest BCUT2D eigenvalue weighted by atomic mass is 10.0. The van der Waals surface area contributed by atoms with Gasteiger partial charge in [-0.05, 0) is 44.9 Å². The minimum Gasteiger partial charge on any atom is -0.447 e. The first-order chi connectivity index (χ1) is 9.03. The van der Waals surface area contributed by atoms with E-state index in [1.807, 2.05) is 6.92 Å². The molecular weight excluding hydrogens is 264 g/mol. The second kappa shape index (κ2) is 6.07. The highest BCUT2D eigenvalue weighted by molar-refractivity contribution is 7.89. The van der Waals surface area contributed by atoms with E-state index in [0.29, 0.717) is 18.2 Å². The molecule has 2 rings (SSSR count). The van der Waals surface area contributed by atoms with Crippen molar-refractivity contribution in [1.29, 1.82) is 0 Å². The molecule has 1 atom stereocenters. The van der Waals surface area contributed by atoms with Crippen molar-refractivity contribution in [2.45, 2.75) is 50.3 Å². The summed E-state index contributed by atoms with van der Waals surface area (Å²) in [5.41, 5.74) is 0. The largest absolute Gasteiger partial charge is 0.447 e. The average Bonchev–Trinajstić information content (AvgIpc) is 2.99. The van der Waals surface area contributed by atoms with Crippen LogP contribution < -0.4 is 10.0 Å². The van der Waals surface area contributed by atoms with Crippen LogP contribution in [0.5, 0.6) is 0 Å². The molecule has 1 aliphatic rings. The van der Waals surface area contributed by atoms with E-state index in [1.54, 1.807) is 13.1 Å². The van der Waals surface area contributed by atoms with Gasteiger partial charge < -0.3 is 9.73 Å². The summed E-state index contributed by atoms with van der Waals surface area (Å²) in [6.45, 7) is 2.46. The lowest BCUT2D eigenvalue weighted by Gasteiger charge is -2.19. The Balaban J connectivity index is 2.03. The molecule has 108 valence electrons. The van der Waals surface area contributed by atoms with Gasteiger partial charge in [-0.3, -0.25) is 0 Å². The monoisotopic (exact) mass is 286 g/mol. The van der Waals surface area contributed by atoms with Crippen molar-refractivity contribution in [1.82, 2.24) is 10.0 Å². The van der Waals surface area contributed by atoms with Crippen LogP contribution in [0.15, 0.2) is 21.6 Å². The van der Waals surface area contributed by atoms with Gasteiger partial charge in [0.05, 0.1) is 6.54 Å². The summed E-state index contributed by atoms with van der Waals surface area (Å²) in [5.74, 6) is 1.07. The van der Waals surface area contributed by atoms with Gasteiger partial charge in [0.25, 0.3) is 10.0 Å². The highest BCUT2D eigenvalue weighted by Gasteiger charge is 2.27. The summed E-state index contributed by atoms with van der Waals surface area (Å²) >= 11 is 0. The summed E-state index contributed by atoms with van der Waals surface area (Å²) < 4.78 is 32.5. The van der Waals surface area contributed by atoms with Crippen molar-refractivity contribution in [3.05, 3.63) is 17.9 Å². The number of nitrogens with one attached hydrogen (secondary N) is 2. The fourth-order valence-electron chi connectivity index (χ4n) is 2.63. The molecular formula is C13H22N2O3S. The first-order valence-electron chi connectivity index (χ1n) is 6.78. The molecule has 0 bridgehead atoms. The van der Waals surface area contributed by atoms with E-state index in [2.05, 4.69) is 10.0 Å². The van der Waals surface area contributed by atoms with Crippen LogP contribution in [0.1, 0.15) is 38.4 Å². The molecule has 2 N–H and O–H groups in total. The maximum atomic E-state index is 12.2. The number of furan rings is 1. The van der Waals surface area contributed by atoms with E-state index in [9.17, 15) is 8.42 Å². The Bertz CT molecular complexity index is 504. The van der Waals surface area contributed by atoms with Crippen LogP contribution in [-0.2, 0) is 16.6 Å². The Labute approximate surface area is 114 Å². The highest BCUT2D eigenvalue weighted by Crippen LogP contribution is 2.28. The van der Waals surface area contributed by atoms with Gasteiger partial charge >= 0.3 is 0 Å². The van der Waals surface area contributed by atoms with Crippen molar-refractivity contribution in [3.8, 4) is 0 Å². The molecule has 0 aliphatic heterocycles. The third kappa shape index (κ3) is 3.58. The molecule has 1 aromatic rings. The maximum Gasteiger partial charge on any atom is 0.274 e. The Kier molecular flexibility index (Phi) is 4.65. The van der Waals surface area contributed by atoms with Gasteiger partial charge in [-0.25, -0.2) is 13.1 Å². The molecule has 0 radical (unpaired) electrons. The molecule has 19 heavy (non-hydrogen) atoms. The van der Waals surface area contributed by atoms with Crippen LogP contribution in [-0.4, -0.2) is 21.5 Å². The second-order valence-corrected chi connectivity index (χ2v) is 6.85. The number of hydrogen-bond acceptors (Lipinski definition) is 4. The highest BCUT2D eigenvalue weighted by atomic mass is 32.2. The van der Waals surface area contributed by atoms with Crippen LogP contribution in [0.3, 0.4) is 0 Å². The molecule has 1 unspecified atom stereocenters. The fourth-order valence-corrected chi connectivity index (χ4v) is 3.89. The molecule has 0 spiro atoms. The molecule has 1 saturated carbocycles. The Morgan fingerprint density at radius 2 is 2.05 bits per heavy atom. The standard InChI is InChI=1S/C13H22N2O3S/c1-10(11-5-3-4-6-11)15-19(16,17)13-8-7-12(18-13)9-14-2/h7-8,10-11,14-15H,3-6,9H2,1-2H3. The van der Waals surface area contributed by atoms with Gasteiger partial charge in [-0.2, -0.15) is 0 Å². The van der Waals surface area contributed by atoms with E-state index in [-0.39, 0.29) is 11.1 Å². The van der Waals surface area contributed by atoms with Gasteiger partial charge in [-0.1, -0.05) is 12.8 Å². The lowest BCUT2D eigenvalue weighted by molar-refractivity contribution is 0.389. The normalized spacial score (nSPS) is 18.8. The fraction of sp³-hybridized carbons (Fsp3) is 0.692. The minimum absolute atomic E-state index is 0.00240. The zero-order valence-electron chi connectivity index (χ0n) is 11.5. The molecule has 0 saturated heterocycles. The zero-order chi connectivity index (χ0) is 13.9. The predicted molar refractivity (Wildman–Crippen MR) is 73.2 cm³/mol. The van der Waals surface area contributed by atoms with Crippen molar-refractivity contribution in [2.75, 3.05) is 7.05 Å². The molecule has 5 nitrogen and oxygen atoms in total. The van der Waals surface area contributed by atoms with Crippen molar-refractivity contribution in [2.24, 2.45) is 5.92 Å². The van der Waals surface area contributed by atoms with Gasteiger partial charge in [0.1, 0.15) is 5.76 Å². The molecule has 6 heteroatoms. The van der Waals surface area contributed by atoms with E-state index in [4.69, 9.17) is 4.42 Å². The number of sulfonamides is 1. The van der Waals surface area contributed by atoms with Crippen LogP contribution in [0.4, 0.5) is 0 Å². The van der Waals surface area contributed by atoms with Crippen molar-refractivity contribution < 1.29 is 12.8 Å². The summed E-state index contributed by atoms with van der Waals surface area (Å²) in [6.07, 6.45) is 4.60. The summed E-state index contributed by atoms with van der Waals surface area (Å²) in [5, 5.41) is 2.93. The topological polar surface area (TPSA) is 71.3 Å². The summed E-state index contributed by atoms with van der Waals surface area (Å²) in [6, 6.07) is 3.16. The Morgan fingerprint density at radius 1 is 1.37 bits per heavy atom. The molecule has 0 aromatic carbocycles. The van der Waals surface area contributed by atoms with E-state index in [0.717, 1.165) is 12.8 Å². The molecule has 1 aromatic heterocycles. The van der Waals surface area contributed by atoms with Crippen LogP contribution >= 0.6 is 0 Å². The zero-order valence-corrected chi connectivity index (χ0v) is 12.3. The van der Waals surface area contributed by atoms with E-state index in [1.165, 1.54) is 18.9 Å². The molecule has 1 fully saturated rings. The van der Waals surface area contributed by atoms with E-state index < -0.39 is 10.0 Å². The predicted octanol–water partition coefficient (Wildman–Crippen LogP) is 1.86. The Morgan fingerprint density at radius 3 is 2.68 bits per heavy atom. The first kappa shape index (κ1) is 14.6. The maximum absolute atomic E-state index is 12.2. The van der Waals surface area contributed by atoms with Gasteiger partial charge in [-0.15, -0.1) is 0 Å². The smallest absolute Gasteiger partial charge is 0.274 e. The average molecular weight is 286 g/mol. The third-order valence-corrected chi connectivity index (χ3v) is 5.13. The van der Waals surface area contributed by atoms with Crippen LogP contribution in [0.2, 0.25) is 0 Å². The molecule has 1 aliphatic carbocycles. The third-order valence-electron chi connectivity index (χ3n) is 3.70. The van der Waals surface area contributed by atoms with Gasteiger partial charge in [0.2, 0.25) is 5.09 Å². The SMILES string of the molecule is CNCc1ccc(S(=O)(=O)NC(C)C2CCCC2)o1. The summed E-state index contributed by atoms with van der Waals surface area (Å²) in [4.78, 5) is 0. The molecule has 0 amide bonds. The van der Waals surface area contributed by atoms with Crippen LogP contribution in [0.25, 0.3) is 0 Å². The van der Waals surface area contributed by atoms with E-state index >= 15 is 0 Å². The number of rotatable bonds is 6. The first-order valence-corrected chi connectivity index (χ1v) is 8.27. The van der Waals surface area contributed by atoms with Gasteiger partial charge in [0, 0.05) is 6.04 Å². The lowest BCUT2D eigenvalue weighted by Crippen LogP contribution is -2.37. The minimum atomic E-state index is -3.54.